The molecule has 0 amide bonds. The molecule has 2 aromatic rings. The Balaban J connectivity index is 2.84. The molecule has 3 heteroatoms. The third-order valence-corrected chi connectivity index (χ3v) is 5.48. The van der Waals surface area contributed by atoms with Gasteiger partial charge < -0.3 is 14.2 Å². The summed E-state index contributed by atoms with van der Waals surface area (Å²) in [7, 11) is 4.99. The molecule has 0 radical (unpaired) electrons. The van der Waals surface area contributed by atoms with E-state index in [1.165, 1.54) is 0 Å². The average Bonchev–Trinajstić information content (AvgIpc) is 2.83. The van der Waals surface area contributed by atoms with E-state index in [1.54, 1.807) is 27.4 Å². The first-order valence-corrected chi connectivity index (χ1v) is 11.3. The minimum absolute atomic E-state index is 0.680. The van der Waals surface area contributed by atoms with Crippen molar-refractivity contribution < 1.29 is 14.2 Å². The number of rotatable bonds is 10. The van der Waals surface area contributed by atoms with Gasteiger partial charge in [-0.3, -0.25) is 0 Å². The molecule has 2 aromatic carbocycles. The van der Waals surface area contributed by atoms with Gasteiger partial charge in [0.2, 0.25) is 0 Å². The molecule has 0 unspecified atom stereocenters. The Bertz CT molecular complexity index is 1170. The highest BCUT2D eigenvalue weighted by Crippen LogP contribution is 2.37. The molecule has 0 fully saturated rings. The van der Waals surface area contributed by atoms with Crippen LogP contribution in [0.1, 0.15) is 55.5 Å². The van der Waals surface area contributed by atoms with Crippen LogP contribution in [0.5, 0.6) is 17.2 Å². The van der Waals surface area contributed by atoms with Crippen LogP contribution in [-0.4, -0.2) is 21.3 Å². The molecule has 178 valence electrons. The van der Waals surface area contributed by atoms with Crippen molar-refractivity contribution >= 4 is 28.9 Å². The third kappa shape index (κ3) is 5.99. The van der Waals surface area contributed by atoms with E-state index in [9.17, 15) is 0 Å². The molecule has 0 saturated carbocycles. The SMILES string of the molecule is C=C/C=C(\C=C/C)c1cc(/C(C)=C/c2cc(OC)c(OC)cc2C(=C)C)c(/C=C\C)cc1OC. The van der Waals surface area contributed by atoms with Crippen molar-refractivity contribution in [3.63, 3.8) is 0 Å². The largest absolute Gasteiger partial charge is 0.496 e. The zero-order valence-electron chi connectivity index (χ0n) is 21.5. The predicted octanol–water partition coefficient (Wildman–Crippen LogP) is 8.48. The highest BCUT2D eigenvalue weighted by atomic mass is 16.5. The summed E-state index contributed by atoms with van der Waals surface area (Å²) >= 11 is 0. The molecule has 34 heavy (non-hydrogen) atoms. The average molecular weight is 457 g/mol. The number of hydrogen-bond donors (Lipinski definition) is 0. The summed E-state index contributed by atoms with van der Waals surface area (Å²) < 4.78 is 16.8. The molecule has 0 aliphatic carbocycles. The fraction of sp³-hybridized carbons (Fsp3) is 0.226. The van der Waals surface area contributed by atoms with Crippen molar-refractivity contribution in [3.8, 4) is 17.2 Å². The molecule has 2 rings (SSSR count). The molecule has 0 heterocycles. The van der Waals surface area contributed by atoms with Gasteiger partial charge in [-0.15, -0.1) is 0 Å². The Labute approximate surface area is 205 Å². The Hall–Kier alpha value is -3.72. The van der Waals surface area contributed by atoms with E-state index < -0.39 is 0 Å². The van der Waals surface area contributed by atoms with Crippen LogP contribution in [0.4, 0.5) is 0 Å². The lowest BCUT2D eigenvalue weighted by atomic mass is 9.91. The molecule has 3 nitrogen and oxygen atoms in total. The van der Waals surface area contributed by atoms with Gasteiger partial charge in [0.25, 0.3) is 0 Å². The van der Waals surface area contributed by atoms with Crippen LogP contribution in [0.25, 0.3) is 28.9 Å². The van der Waals surface area contributed by atoms with Gasteiger partial charge in [-0.1, -0.05) is 61.3 Å². The van der Waals surface area contributed by atoms with Crippen molar-refractivity contribution in [2.24, 2.45) is 0 Å². The molecular formula is C31H36O3. The summed E-state index contributed by atoms with van der Waals surface area (Å²) in [4.78, 5) is 0. The highest BCUT2D eigenvalue weighted by Gasteiger charge is 2.15. The van der Waals surface area contributed by atoms with Crippen molar-refractivity contribution in [1.29, 1.82) is 0 Å². The monoisotopic (exact) mass is 456 g/mol. The Morgan fingerprint density at radius 2 is 1.38 bits per heavy atom. The first-order chi connectivity index (χ1) is 16.3. The van der Waals surface area contributed by atoms with Crippen molar-refractivity contribution in [2.75, 3.05) is 21.3 Å². The molecule has 0 saturated heterocycles. The molecule has 0 bridgehead atoms. The maximum Gasteiger partial charge on any atom is 0.161 e. The molecule has 0 spiro atoms. The first kappa shape index (κ1) is 26.5. The molecule has 0 N–H and O–H groups in total. The summed E-state index contributed by atoms with van der Waals surface area (Å²) in [6.07, 6.45) is 14.2. The lowest BCUT2D eigenvalue weighted by Crippen LogP contribution is -1.97. The smallest absolute Gasteiger partial charge is 0.161 e. The third-order valence-electron chi connectivity index (χ3n) is 5.48. The number of ether oxygens (including phenoxy) is 3. The van der Waals surface area contributed by atoms with Gasteiger partial charge in [0, 0.05) is 5.56 Å². The minimum Gasteiger partial charge on any atom is -0.496 e. The summed E-state index contributed by atoms with van der Waals surface area (Å²) in [6, 6.07) is 8.23. The minimum atomic E-state index is 0.680. The van der Waals surface area contributed by atoms with Gasteiger partial charge >= 0.3 is 0 Å². The molecule has 0 atom stereocenters. The predicted molar refractivity (Wildman–Crippen MR) is 148 cm³/mol. The summed E-state index contributed by atoms with van der Waals surface area (Å²) in [6.45, 7) is 16.2. The Morgan fingerprint density at radius 3 is 1.91 bits per heavy atom. The second kappa shape index (κ2) is 12.5. The van der Waals surface area contributed by atoms with E-state index >= 15 is 0 Å². The quantitative estimate of drug-likeness (QED) is 0.265. The lowest BCUT2D eigenvalue weighted by Gasteiger charge is -2.17. The molecule has 0 aliphatic rings. The van der Waals surface area contributed by atoms with Gasteiger partial charge in [-0.2, -0.15) is 0 Å². The maximum atomic E-state index is 5.76. The lowest BCUT2D eigenvalue weighted by molar-refractivity contribution is 0.355. The van der Waals surface area contributed by atoms with E-state index in [0.717, 1.165) is 50.3 Å². The Kier molecular flexibility index (Phi) is 9.76. The van der Waals surface area contributed by atoms with E-state index in [4.69, 9.17) is 14.2 Å². The van der Waals surface area contributed by atoms with E-state index in [0.29, 0.717) is 11.5 Å². The Morgan fingerprint density at radius 1 is 0.765 bits per heavy atom. The van der Waals surface area contributed by atoms with Crippen LogP contribution < -0.4 is 14.2 Å². The summed E-state index contributed by atoms with van der Waals surface area (Å²) in [5.41, 5.74) is 8.30. The van der Waals surface area contributed by atoms with Crippen LogP contribution in [0, 0.1) is 0 Å². The van der Waals surface area contributed by atoms with Crippen LogP contribution >= 0.6 is 0 Å². The molecule has 0 aliphatic heterocycles. The number of benzene rings is 2. The second-order valence-electron chi connectivity index (χ2n) is 7.90. The molecule has 0 aromatic heterocycles. The standard InChI is InChI=1S/C31H36O3/c1-10-13-23(14-11-2)28-19-27(24(15-12-3)17-29(28)32-7)22(6)16-25-18-30(33-8)31(34-9)20-26(25)21(4)5/h10-20H,1,4H2,2-3,5-9H3/b14-11-,15-12-,22-16+,23-13+. The fourth-order valence-electron chi connectivity index (χ4n) is 3.89. The van der Waals surface area contributed by atoms with E-state index in [2.05, 4.69) is 50.4 Å². The van der Waals surface area contributed by atoms with Gasteiger partial charge in [-0.25, -0.2) is 0 Å². The van der Waals surface area contributed by atoms with Crippen molar-refractivity contribution in [2.45, 2.75) is 27.7 Å². The zero-order chi connectivity index (χ0) is 25.3. The first-order valence-electron chi connectivity index (χ1n) is 11.3. The zero-order valence-corrected chi connectivity index (χ0v) is 21.5. The number of allylic oxidation sites excluding steroid dienone is 8. The summed E-state index contributed by atoms with van der Waals surface area (Å²) in [5, 5.41) is 0. The van der Waals surface area contributed by atoms with Crippen molar-refractivity contribution in [3.05, 3.63) is 95.6 Å². The highest BCUT2D eigenvalue weighted by molar-refractivity contribution is 5.91. The van der Waals surface area contributed by atoms with E-state index in [-0.39, 0.29) is 0 Å². The van der Waals surface area contributed by atoms with Crippen LogP contribution in [0.2, 0.25) is 0 Å². The van der Waals surface area contributed by atoms with E-state index in [1.807, 2.05) is 51.1 Å². The van der Waals surface area contributed by atoms with Crippen LogP contribution in [0.15, 0.2) is 67.8 Å². The van der Waals surface area contributed by atoms with Gasteiger partial charge in [0.05, 0.1) is 21.3 Å². The van der Waals surface area contributed by atoms with Gasteiger partial charge in [-0.05, 0) is 85.4 Å². The fourth-order valence-corrected chi connectivity index (χ4v) is 3.89. The number of methoxy groups -OCH3 is 3. The van der Waals surface area contributed by atoms with Gasteiger partial charge in [0.15, 0.2) is 11.5 Å². The topological polar surface area (TPSA) is 27.7 Å². The van der Waals surface area contributed by atoms with Crippen LogP contribution in [-0.2, 0) is 0 Å². The second-order valence-corrected chi connectivity index (χ2v) is 7.90. The summed E-state index contributed by atoms with van der Waals surface area (Å²) in [5.74, 6) is 2.17. The molecular weight excluding hydrogens is 420 g/mol. The van der Waals surface area contributed by atoms with Crippen molar-refractivity contribution in [1.82, 2.24) is 0 Å². The normalized spacial score (nSPS) is 12.3. The maximum absolute atomic E-state index is 5.76. The van der Waals surface area contributed by atoms with Gasteiger partial charge in [0.1, 0.15) is 5.75 Å². The van der Waals surface area contributed by atoms with Crippen LogP contribution in [0.3, 0.4) is 0 Å². The number of hydrogen-bond acceptors (Lipinski definition) is 3.